The average Bonchev–Trinajstić information content (AvgIpc) is 2.93. The van der Waals surface area contributed by atoms with E-state index in [0.717, 1.165) is 36.8 Å². The summed E-state index contributed by atoms with van der Waals surface area (Å²) < 4.78 is 5.86. The van der Waals surface area contributed by atoms with Crippen LogP contribution in [0.3, 0.4) is 0 Å². The van der Waals surface area contributed by atoms with Gasteiger partial charge in [0, 0.05) is 18.5 Å². The first kappa shape index (κ1) is 27.5. The molecule has 194 valence electrons. The molecule has 0 spiro atoms. The molecule has 0 heterocycles. The van der Waals surface area contributed by atoms with Crippen molar-refractivity contribution in [1.82, 2.24) is 10.6 Å². The molecular formula is C30H35N3O4. The molecule has 0 fully saturated rings. The highest BCUT2D eigenvalue weighted by molar-refractivity contribution is 5.92. The Bertz CT molecular complexity index is 1150. The fourth-order valence-electron chi connectivity index (χ4n) is 3.82. The highest BCUT2D eigenvalue weighted by Crippen LogP contribution is 2.20. The van der Waals surface area contributed by atoms with Crippen LogP contribution in [0.5, 0.6) is 5.75 Å². The van der Waals surface area contributed by atoms with Crippen LogP contribution in [0.15, 0.2) is 78.9 Å². The quantitative estimate of drug-likeness (QED) is 0.275. The van der Waals surface area contributed by atoms with Gasteiger partial charge in [0.05, 0.1) is 0 Å². The maximum Gasteiger partial charge on any atom is 0.248 e. The largest absolute Gasteiger partial charge is 0.489 e. The van der Waals surface area contributed by atoms with Gasteiger partial charge in [0.25, 0.3) is 0 Å². The molecule has 0 bridgehead atoms. The van der Waals surface area contributed by atoms with Crippen LogP contribution >= 0.6 is 0 Å². The molecule has 1 atom stereocenters. The second kappa shape index (κ2) is 14.4. The molecule has 0 saturated heterocycles. The molecule has 0 aliphatic heterocycles. The molecule has 0 aliphatic rings. The molecule has 0 unspecified atom stereocenters. The van der Waals surface area contributed by atoms with Gasteiger partial charge in [-0.05, 0) is 47.4 Å². The highest BCUT2D eigenvalue weighted by Gasteiger charge is 2.22. The SMILES string of the molecule is CCCCCCC(=O)N[C@H](C(=O)NCc1ccc(C(N)=O)cc1)c1ccc(OCc2ccccc2)cc1. The maximum absolute atomic E-state index is 13.2. The van der Waals surface area contributed by atoms with Crippen molar-refractivity contribution >= 4 is 17.7 Å². The Morgan fingerprint density at radius 1 is 0.838 bits per heavy atom. The van der Waals surface area contributed by atoms with E-state index in [9.17, 15) is 14.4 Å². The predicted molar refractivity (Wildman–Crippen MR) is 144 cm³/mol. The molecule has 3 aromatic rings. The highest BCUT2D eigenvalue weighted by atomic mass is 16.5. The second-order valence-corrected chi connectivity index (χ2v) is 8.93. The summed E-state index contributed by atoms with van der Waals surface area (Å²) in [5.41, 5.74) is 8.22. The van der Waals surface area contributed by atoms with Crippen molar-refractivity contribution in [3.05, 3.63) is 101 Å². The van der Waals surface area contributed by atoms with Crippen LogP contribution in [0.25, 0.3) is 0 Å². The number of hydrogen-bond acceptors (Lipinski definition) is 4. The zero-order valence-electron chi connectivity index (χ0n) is 21.2. The Balaban J connectivity index is 1.66. The summed E-state index contributed by atoms with van der Waals surface area (Å²) in [6.07, 6.45) is 4.31. The minimum absolute atomic E-state index is 0.161. The van der Waals surface area contributed by atoms with Gasteiger partial charge in [-0.25, -0.2) is 0 Å². The first-order valence-electron chi connectivity index (χ1n) is 12.7. The summed E-state index contributed by atoms with van der Waals surface area (Å²) in [4.78, 5) is 37.1. The van der Waals surface area contributed by atoms with E-state index in [1.54, 1.807) is 48.5 Å². The number of primary amides is 1. The summed E-state index contributed by atoms with van der Waals surface area (Å²) in [7, 11) is 0. The van der Waals surface area contributed by atoms with Crippen molar-refractivity contribution in [2.45, 2.75) is 58.2 Å². The Morgan fingerprint density at radius 3 is 2.19 bits per heavy atom. The molecule has 37 heavy (non-hydrogen) atoms. The molecule has 4 N–H and O–H groups in total. The third-order valence-electron chi connectivity index (χ3n) is 5.99. The number of unbranched alkanes of at least 4 members (excludes halogenated alkanes) is 3. The first-order valence-corrected chi connectivity index (χ1v) is 12.7. The van der Waals surface area contributed by atoms with E-state index in [1.807, 2.05) is 30.3 Å². The van der Waals surface area contributed by atoms with Gasteiger partial charge in [0.1, 0.15) is 18.4 Å². The van der Waals surface area contributed by atoms with E-state index < -0.39 is 11.9 Å². The molecule has 0 aliphatic carbocycles. The minimum Gasteiger partial charge on any atom is -0.489 e. The van der Waals surface area contributed by atoms with Crippen LogP contribution < -0.4 is 21.1 Å². The molecular weight excluding hydrogens is 466 g/mol. The monoisotopic (exact) mass is 501 g/mol. The molecule has 3 rings (SSSR count). The predicted octanol–water partition coefficient (Wildman–Crippen LogP) is 4.81. The number of nitrogens with two attached hydrogens (primary N) is 1. The summed E-state index contributed by atoms with van der Waals surface area (Å²) in [6, 6.07) is 22.9. The van der Waals surface area contributed by atoms with Crippen LogP contribution in [0.1, 0.15) is 72.1 Å². The Labute approximate surface area is 218 Å². The lowest BCUT2D eigenvalue weighted by Gasteiger charge is -2.20. The number of rotatable bonds is 14. The lowest BCUT2D eigenvalue weighted by atomic mass is 10.0. The van der Waals surface area contributed by atoms with Crippen LogP contribution in [0.4, 0.5) is 0 Å². The Kier molecular flexibility index (Phi) is 10.7. The van der Waals surface area contributed by atoms with Crippen LogP contribution in [-0.4, -0.2) is 17.7 Å². The fourth-order valence-corrected chi connectivity index (χ4v) is 3.82. The standard InChI is InChI=1S/C30H35N3O4/c1-2-3-4-8-11-27(34)33-28(30(36)32-20-22-12-14-25(15-13-22)29(31)35)24-16-18-26(19-17-24)37-21-23-9-6-5-7-10-23/h5-7,9-10,12-19,28H,2-4,8,11,20-21H2,1H3,(H2,31,35)(H,32,36)(H,33,34)/t28-/m0/s1. The van der Waals surface area contributed by atoms with Gasteiger partial charge < -0.3 is 21.1 Å². The average molecular weight is 502 g/mol. The lowest BCUT2D eigenvalue weighted by molar-refractivity contribution is -0.129. The summed E-state index contributed by atoms with van der Waals surface area (Å²) in [5, 5.41) is 5.78. The van der Waals surface area contributed by atoms with E-state index in [0.29, 0.717) is 29.9 Å². The van der Waals surface area contributed by atoms with Gasteiger partial charge in [-0.15, -0.1) is 0 Å². The van der Waals surface area contributed by atoms with Gasteiger partial charge in [0.15, 0.2) is 0 Å². The van der Waals surface area contributed by atoms with Crippen molar-refractivity contribution in [3.8, 4) is 5.75 Å². The molecule has 0 saturated carbocycles. The van der Waals surface area contributed by atoms with Crippen molar-refractivity contribution < 1.29 is 19.1 Å². The van der Waals surface area contributed by atoms with E-state index >= 15 is 0 Å². The summed E-state index contributed by atoms with van der Waals surface area (Å²) in [5.74, 6) is -0.314. The molecule has 7 nitrogen and oxygen atoms in total. The lowest BCUT2D eigenvalue weighted by Crippen LogP contribution is -2.40. The van der Waals surface area contributed by atoms with Gasteiger partial charge in [-0.2, -0.15) is 0 Å². The van der Waals surface area contributed by atoms with Gasteiger partial charge in [-0.3, -0.25) is 14.4 Å². The van der Waals surface area contributed by atoms with Crippen molar-refractivity contribution in [2.24, 2.45) is 5.73 Å². The molecule has 3 amide bonds. The number of hydrogen-bond donors (Lipinski definition) is 3. The number of nitrogens with one attached hydrogen (secondary N) is 2. The third-order valence-corrected chi connectivity index (χ3v) is 5.99. The first-order chi connectivity index (χ1) is 18.0. The Morgan fingerprint density at radius 2 is 1.54 bits per heavy atom. The van der Waals surface area contributed by atoms with Crippen LogP contribution in [-0.2, 0) is 22.7 Å². The smallest absolute Gasteiger partial charge is 0.248 e. The van der Waals surface area contributed by atoms with Crippen molar-refractivity contribution in [3.63, 3.8) is 0 Å². The van der Waals surface area contributed by atoms with Crippen molar-refractivity contribution in [2.75, 3.05) is 0 Å². The van der Waals surface area contributed by atoms with E-state index in [-0.39, 0.29) is 18.4 Å². The molecule has 0 aromatic heterocycles. The zero-order chi connectivity index (χ0) is 26.5. The molecule has 3 aromatic carbocycles. The van der Waals surface area contributed by atoms with Crippen LogP contribution in [0, 0.1) is 0 Å². The number of ether oxygens (including phenoxy) is 1. The number of carbonyl (C=O) groups excluding carboxylic acids is 3. The van der Waals surface area contributed by atoms with Crippen molar-refractivity contribution in [1.29, 1.82) is 0 Å². The fraction of sp³-hybridized carbons (Fsp3) is 0.300. The van der Waals surface area contributed by atoms with E-state index in [2.05, 4.69) is 17.6 Å². The summed E-state index contributed by atoms with van der Waals surface area (Å²) >= 11 is 0. The second-order valence-electron chi connectivity index (χ2n) is 8.93. The Hall–Kier alpha value is -4.13. The molecule has 7 heteroatoms. The summed E-state index contributed by atoms with van der Waals surface area (Å²) in [6.45, 7) is 2.81. The number of carbonyl (C=O) groups is 3. The number of benzene rings is 3. The third kappa shape index (κ3) is 9.11. The minimum atomic E-state index is -0.841. The zero-order valence-corrected chi connectivity index (χ0v) is 21.2. The normalized spacial score (nSPS) is 11.4. The molecule has 0 radical (unpaired) electrons. The number of amides is 3. The van der Waals surface area contributed by atoms with Gasteiger partial charge in [0.2, 0.25) is 17.7 Å². The van der Waals surface area contributed by atoms with Crippen LogP contribution in [0.2, 0.25) is 0 Å². The van der Waals surface area contributed by atoms with Gasteiger partial charge >= 0.3 is 0 Å². The topological polar surface area (TPSA) is 111 Å². The van der Waals surface area contributed by atoms with Gasteiger partial charge in [-0.1, -0.05) is 80.8 Å². The van der Waals surface area contributed by atoms with E-state index in [4.69, 9.17) is 10.5 Å². The van der Waals surface area contributed by atoms with E-state index in [1.165, 1.54) is 0 Å². The maximum atomic E-state index is 13.2.